The van der Waals surface area contributed by atoms with E-state index in [4.69, 9.17) is 0 Å². The summed E-state index contributed by atoms with van der Waals surface area (Å²) in [5, 5.41) is 3.53. The second-order valence-electron chi connectivity index (χ2n) is 7.03. The molecule has 1 saturated carbocycles. The third kappa shape index (κ3) is 4.57. The van der Waals surface area contributed by atoms with Gasteiger partial charge >= 0.3 is 0 Å². The van der Waals surface area contributed by atoms with Gasteiger partial charge in [-0.3, -0.25) is 4.90 Å². The second-order valence-corrected chi connectivity index (χ2v) is 7.88. The molecule has 0 heterocycles. The fourth-order valence-corrected chi connectivity index (χ4v) is 2.97. The first kappa shape index (κ1) is 16.0. The molecule has 3 heteroatoms. The standard InChI is InChI=1S/C17H27BrN2/c1-17(2,3)19-11-13-8-9-14(16(18)10-13)12-20(4)15-6-5-7-15/h8-10,15,19H,5-7,11-12H2,1-4H3. The predicted octanol–water partition coefficient (Wildman–Crippen LogP) is 4.32. The predicted molar refractivity (Wildman–Crippen MR) is 89.8 cm³/mol. The highest BCUT2D eigenvalue weighted by Crippen LogP contribution is 2.27. The van der Waals surface area contributed by atoms with Crippen LogP contribution in [0.1, 0.15) is 51.2 Å². The van der Waals surface area contributed by atoms with Crippen molar-refractivity contribution in [2.24, 2.45) is 0 Å². The first-order valence-electron chi connectivity index (χ1n) is 7.58. The van der Waals surface area contributed by atoms with Gasteiger partial charge < -0.3 is 5.32 Å². The summed E-state index contributed by atoms with van der Waals surface area (Å²) in [6.45, 7) is 8.55. The Morgan fingerprint density at radius 1 is 1.30 bits per heavy atom. The highest BCUT2D eigenvalue weighted by atomic mass is 79.9. The Balaban J connectivity index is 1.94. The monoisotopic (exact) mass is 338 g/mol. The smallest absolute Gasteiger partial charge is 0.0244 e. The SMILES string of the molecule is CN(Cc1ccc(CNC(C)(C)C)cc1Br)C1CCC1. The van der Waals surface area contributed by atoms with Crippen molar-refractivity contribution in [1.29, 1.82) is 0 Å². The van der Waals surface area contributed by atoms with Crippen LogP contribution in [0.25, 0.3) is 0 Å². The highest BCUT2D eigenvalue weighted by Gasteiger charge is 2.22. The Bertz CT molecular complexity index is 447. The Hall–Kier alpha value is -0.380. The average molecular weight is 339 g/mol. The molecule has 1 aromatic rings. The second kappa shape index (κ2) is 6.59. The van der Waals surface area contributed by atoms with Gasteiger partial charge in [-0.1, -0.05) is 34.5 Å². The lowest BCUT2D eigenvalue weighted by Crippen LogP contribution is -2.36. The Labute approximate surface area is 132 Å². The van der Waals surface area contributed by atoms with Crippen LogP contribution in [0, 0.1) is 0 Å². The summed E-state index contributed by atoms with van der Waals surface area (Å²) in [5.74, 6) is 0. The number of rotatable bonds is 5. The van der Waals surface area contributed by atoms with Crippen molar-refractivity contribution in [1.82, 2.24) is 10.2 Å². The van der Waals surface area contributed by atoms with E-state index in [2.05, 4.69) is 72.2 Å². The van der Waals surface area contributed by atoms with Gasteiger partial charge in [0.2, 0.25) is 0 Å². The maximum absolute atomic E-state index is 3.73. The summed E-state index contributed by atoms with van der Waals surface area (Å²) in [5.41, 5.74) is 2.89. The summed E-state index contributed by atoms with van der Waals surface area (Å²) in [7, 11) is 2.24. The van der Waals surface area contributed by atoms with Crippen molar-refractivity contribution in [2.75, 3.05) is 7.05 Å². The van der Waals surface area contributed by atoms with Crippen molar-refractivity contribution >= 4 is 15.9 Å². The van der Waals surface area contributed by atoms with E-state index in [9.17, 15) is 0 Å². The normalized spacial score (nSPS) is 16.5. The van der Waals surface area contributed by atoms with E-state index in [0.717, 1.165) is 19.1 Å². The molecular formula is C17H27BrN2. The van der Waals surface area contributed by atoms with Crippen molar-refractivity contribution in [3.63, 3.8) is 0 Å². The maximum Gasteiger partial charge on any atom is 0.0244 e. The van der Waals surface area contributed by atoms with E-state index in [0.29, 0.717) is 0 Å². The zero-order chi connectivity index (χ0) is 14.8. The third-order valence-electron chi connectivity index (χ3n) is 4.06. The fourth-order valence-electron chi connectivity index (χ4n) is 2.42. The number of nitrogens with zero attached hydrogens (tertiary/aromatic N) is 1. The van der Waals surface area contributed by atoms with Crippen molar-refractivity contribution in [3.05, 3.63) is 33.8 Å². The van der Waals surface area contributed by atoms with Crippen LogP contribution in [-0.4, -0.2) is 23.5 Å². The molecule has 0 radical (unpaired) electrons. The van der Waals surface area contributed by atoms with Crippen molar-refractivity contribution < 1.29 is 0 Å². The Morgan fingerprint density at radius 3 is 2.50 bits per heavy atom. The van der Waals surface area contributed by atoms with Crippen LogP contribution in [0.2, 0.25) is 0 Å². The molecule has 0 saturated heterocycles. The molecule has 1 N–H and O–H groups in total. The van der Waals surface area contributed by atoms with Gasteiger partial charge in [0.1, 0.15) is 0 Å². The van der Waals surface area contributed by atoms with E-state index in [-0.39, 0.29) is 5.54 Å². The molecule has 1 aliphatic carbocycles. The molecule has 0 bridgehead atoms. The molecule has 1 fully saturated rings. The molecule has 0 atom stereocenters. The lowest BCUT2D eigenvalue weighted by molar-refractivity contribution is 0.152. The van der Waals surface area contributed by atoms with Crippen LogP contribution >= 0.6 is 15.9 Å². The van der Waals surface area contributed by atoms with Crippen LogP contribution in [-0.2, 0) is 13.1 Å². The molecule has 2 rings (SSSR count). The molecule has 0 amide bonds. The largest absolute Gasteiger partial charge is 0.308 e. The van der Waals surface area contributed by atoms with Crippen LogP contribution in [0.4, 0.5) is 0 Å². The minimum atomic E-state index is 0.162. The van der Waals surface area contributed by atoms with Gasteiger partial charge in [-0.2, -0.15) is 0 Å². The lowest BCUT2D eigenvalue weighted by Gasteiger charge is -2.35. The highest BCUT2D eigenvalue weighted by molar-refractivity contribution is 9.10. The van der Waals surface area contributed by atoms with E-state index in [1.807, 2.05) is 0 Å². The van der Waals surface area contributed by atoms with Crippen molar-refractivity contribution in [2.45, 2.75) is 64.7 Å². The third-order valence-corrected chi connectivity index (χ3v) is 4.80. The minimum absolute atomic E-state index is 0.162. The van der Waals surface area contributed by atoms with E-state index in [1.165, 1.54) is 34.9 Å². The van der Waals surface area contributed by atoms with Crippen LogP contribution in [0.15, 0.2) is 22.7 Å². The van der Waals surface area contributed by atoms with Gasteiger partial charge in [0, 0.05) is 29.1 Å². The molecule has 20 heavy (non-hydrogen) atoms. The van der Waals surface area contributed by atoms with Crippen LogP contribution < -0.4 is 5.32 Å². The lowest BCUT2D eigenvalue weighted by atomic mass is 9.91. The molecular weight excluding hydrogens is 312 g/mol. The van der Waals surface area contributed by atoms with Crippen LogP contribution in [0.3, 0.4) is 0 Å². The topological polar surface area (TPSA) is 15.3 Å². The summed E-state index contributed by atoms with van der Waals surface area (Å²) in [4.78, 5) is 2.48. The quantitative estimate of drug-likeness (QED) is 0.859. The summed E-state index contributed by atoms with van der Waals surface area (Å²) >= 11 is 3.73. The van der Waals surface area contributed by atoms with Crippen molar-refractivity contribution in [3.8, 4) is 0 Å². The summed E-state index contributed by atoms with van der Waals surface area (Å²) in [6, 6.07) is 7.55. The summed E-state index contributed by atoms with van der Waals surface area (Å²) in [6.07, 6.45) is 4.12. The molecule has 0 aliphatic heterocycles. The van der Waals surface area contributed by atoms with E-state index < -0.39 is 0 Å². The van der Waals surface area contributed by atoms with E-state index in [1.54, 1.807) is 0 Å². The number of nitrogens with one attached hydrogen (secondary N) is 1. The first-order chi connectivity index (χ1) is 9.35. The average Bonchev–Trinajstić information content (AvgIpc) is 2.26. The molecule has 1 aromatic carbocycles. The minimum Gasteiger partial charge on any atom is -0.308 e. The number of benzene rings is 1. The molecule has 2 nitrogen and oxygen atoms in total. The molecule has 0 aromatic heterocycles. The number of hydrogen-bond acceptors (Lipinski definition) is 2. The maximum atomic E-state index is 3.73. The Morgan fingerprint density at radius 2 is 2.00 bits per heavy atom. The summed E-state index contributed by atoms with van der Waals surface area (Å²) < 4.78 is 1.23. The molecule has 1 aliphatic rings. The van der Waals surface area contributed by atoms with Crippen LogP contribution in [0.5, 0.6) is 0 Å². The molecule has 112 valence electrons. The van der Waals surface area contributed by atoms with E-state index >= 15 is 0 Å². The van der Waals surface area contributed by atoms with Gasteiger partial charge in [-0.25, -0.2) is 0 Å². The Kier molecular flexibility index (Phi) is 5.27. The number of hydrogen-bond donors (Lipinski definition) is 1. The van der Waals surface area contributed by atoms with Gasteiger partial charge in [0.05, 0.1) is 0 Å². The van der Waals surface area contributed by atoms with Gasteiger partial charge in [-0.05, 0) is 57.9 Å². The molecule has 0 spiro atoms. The zero-order valence-electron chi connectivity index (χ0n) is 13.2. The van der Waals surface area contributed by atoms with Gasteiger partial charge in [0.15, 0.2) is 0 Å². The van der Waals surface area contributed by atoms with Gasteiger partial charge in [-0.15, -0.1) is 0 Å². The fraction of sp³-hybridized carbons (Fsp3) is 0.647. The molecule has 0 unspecified atom stereocenters. The first-order valence-corrected chi connectivity index (χ1v) is 8.37. The zero-order valence-corrected chi connectivity index (χ0v) is 14.8. The number of halogens is 1. The van der Waals surface area contributed by atoms with Gasteiger partial charge in [0.25, 0.3) is 0 Å².